The summed E-state index contributed by atoms with van der Waals surface area (Å²) in [6.45, 7) is 2.27. The summed E-state index contributed by atoms with van der Waals surface area (Å²) >= 11 is 0. The van der Waals surface area contributed by atoms with Crippen molar-refractivity contribution < 1.29 is 43.7 Å². The SMILES string of the molecule is CCCCCCCCCCCCCCCCCC(=O)O.Cl.[H-].[H-].[H-].[Mg+2].[Na+]. The fourth-order valence-electron chi connectivity index (χ4n) is 2.65. The maximum absolute atomic E-state index is 10.3. The van der Waals surface area contributed by atoms with Crippen LogP contribution in [0.3, 0.4) is 0 Å². The molecule has 0 aliphatic heterocycles. The number of hydrogen-bond donors (Lipinski definition) is 1. The van der Waals surface area contributed by atoms with Gasteiger partial charge in [-0.2, -0.15) is 0 Å². The van der Waals surface area contributed by atoms with Gasteiger partial charge in [-0.1, -0.05) is 96.8 Å². The molecular formula is C18H40ClMgNaO2. The van der Waals surface area contributed by atoms with Crippen LogP contribution in [0.25, 0.3) is 0 Å². The molecule has 0 radical (unpaired) electrons. The Morgan fingerprint density at radius 1 is 0.696 bits per heavy atom. The predicted octanol–water partition coefficient (Wildman–Crippen LogP) is 3.72. The number of carbonyl (C=O) groups is 1. The van der Waals surface area contributed by atoms with E-state index in [1.165, 1.54) is 83.5 Å². The Morgan fingerprint density at radius 2 is 0.957 bits per heavy atom. The van der Waals surface area contributed by atoms with Gasteiger partial charge in [0.05, 0.1) is 0 Å². The number of carboxylic acid groups (broad SMARTS) is 1. The zero-order valence-corrected chi connectivity index (χ0v) is 20.0. The van der Waals surface area contributed by atoms with E-state index in [2.05, 4.69) is 6.92 Å². The van der Waals surface area contributed by atoms with Crippen LogP contribution < -0.4 is 29.6 Å². The van der Waals surface area contributed by atoms with E-state index in [1.54, 1.807) is 0 Å². The first-order chi connectivity index (χ1) is 9.77. The molecule has 134 valence electrons. The zero-order valence-electron chi connectivity index (χ0n) is 18.8. The first-order valence-electron chi connectivity index (χ1n) is 8.99. The average molecular weight is 371 g/mol. The summed E-state index contributed by atoms with van der Waals surface area (Å²) in [4.78, 5) is 10.3. The molecule has 0 unspecified atom stereocenters. The monoisotopic (exact) mass is 370 g/mol. The van der Waals surface area contributed by atoms with Crippen molar-refractivity contribution in [2.45, 2.75) is 110 Å². The van der Waals surface area contributed by atoms with Crippen molar-refractivity contribution in [2.75, 3.05) is 0 Å². The molecular weight excluding hydrogens is 331 g/mol. The molecule has 0 atom stereocenters. The molecule has 0 bridgehead atoms. The molecule has 0 saturated heterocycles. The topological polar surface area (TPSA) is 37.3 Å². The number of halogens is 1. The van der Waals surface area contributed by atoms with Gasteiger partial charge in [-0.05, 0) is 6.42 Å². The summed E-state index contributed by atoms with van der Waals surface area (Å²) in [6.07, 6.45) is 20.2. The number of carboxylic acids is 1. The van der Waals surface area contributed by atoms with Crippen molar-refractivity contribution in [3.8, 4) is 0 Å². The van der Waals surface area contributed by atoms with E-state index >= 15 is 0 Å². The molecule has 0 aliphatic carbocycles. The third kappa shape index (κ3) is 31.8. The molecule has 0 fully saturated rings. The van der Waals surface area contributed by atoms with Gasteiger partial charge in [0, 0.05) is 6.42 Å². The molecule has 0 amide bonds. The third-order valence-electron chi connectivity index (χ3n) is 3.99. The summed E-state index contributed by atoms with van der Waals surface area (Å²) < 4.78 is 0. The number of hydrogen-bond acceptors (Lipinski definition) is 1. The largest absolute Gasteiger partial charge is 2.00 e. The van der Waals surface area contributed by atoms with E-state index in [0.29, 0.717) is 6.42 Å². The van der Waals surface area contributed by atoms with Crippen LogP contribution in [0.1, 0.15) is 114 Å². The van der Waals surface area contributed by atoms with Crippen LogP contribution in [-0.4, -0.2) is 34.1 Å². The molecule has 0 saturated carbocycles. The van der Waals surface area contributed by atoms with Crippen LogP contribution in [0.4, 0.5) is 0 Å². The molecule has 0 aliphatic rings. The minimum atomic E-state index is -0.653. The van der Waals surface area contributed by atoms with E-state index in [1.807, 2.05) is 0 Å². The Balaban J connectivity index is -0.000000120. The Hall–Kier alpha value is 1.53. The van der Waals surface area contributed by atoms with Crippen molar-refractivity contribution in [3.05, 3.63) is 0 Å². The molecule has 0 rings (SSSR count). The van der Waals surface area contributed by atoms with Gasteiger partial charge in [0.2, 0.25) is 0 Å². The van der Waals surface area contributed by atoms with Gasteiger partial charge < -0.3 is 9.39 Å². The molecule has 0 aromatic carbocycles. The van der Waals surface area contributed by atoms with Gasteiger partial charge in [0.1, 0.15) is 0 Å². The second-order valence-electron chi connectivity index (χ2n) is 6.09. The standard InChI is InChI=1S/C18H36O2.ClH.Mg.Na.3H/c1-2-3-4-5-6-7-8-9-10-11-12-13-14-15-16-17-18(19)20;;;;;;/h2-17H2,1H3,(H,19,20);1H;;;;;/q;;+2;+1;3*-1. The first kappa shape index (κ1) is 32.2. The smallest absolute Gasteiger partial charge is 1.00 e. The summed E-state index contributed by atoms with van der Waals surface area (Å²) in [5.41, 5.74) is 0. The minimum absolute atomic E-state index is 0. The second kappa shape index (κ2) is 28.3. The molecule has 0 aromatic rings. The van der Waals surface area contributed by atoms with Gasteiger partial charge >= 0.3 is 58.6 Å². The molecule has 0 spiro atoms. The third-order valence-corrected chi connectivity index (χ3v) is 3.99. The fraction of sp³-hybridized carbons (Fsp3) is 0.944. The molecule has 5 heteroatoms. The average Bonchev–Trinajstić information content (AvgIpc) is 2.43. The van der Waals surface area contributed by atoms with Crippen molar-refractivity contribution in [1.82, 2.24) is 0 Å². The van der Waals surface area contributed by atoms with Crippen LogP contribution in [0.2, 0.25) is 0 Å². The summed E-state index contributed by atoms with van der Waals surface area (Å²) in [6, 6.07) is 0. The van der Waals surface area contributed by atoms with Gasteiger partial charge in [-0.25, -0.2) is 0 Å². The van der Waals surface area contributed by atoms with E-state index < -0.39 is 5.97 Å². The van der Waals surface area contributed by atoms with E-state index in [-0.39, 0.29) is 69.3 Å². The predicted molar refractivity (Wildman–Crippen MR) is 104 cm³/mol. The summed E-state index contributed by atoms with van der Waals surface area (Å²) in [5.74, 6) is -0.653. The fourth-order valence-corrected chi connectivity index (χ4v) is 2.65. The maximum atomic E-state index is 10.3. The van der Waals surface area contributed by atoms with Crippen molar-refractivity contribution in [3.63, 3.8) is 0 Å². The van der Waals surface area contributed by atoms with Gasteiger partial charge in [-0.3, -0.25) is 4.79 Å². The van der Waals surface area contributed by atoms with Gasteiger partial charge in [0.25, 0.3) is 0 Å². The Bertz CT molecular complexity index is 233. The summed E-state index contributed by atoms with van der Waals surface area (Å²) in [7, 11) is 0. The molecule has 23 heavy (non-hydrogen) atoms. The van der Waals surface area contributed by atoms with Gasteiger partial charge in [0.15, 0.2) is 0 Å². The van der Waals surface area contributed by atoms with Crippen molar-refractivity contribution in [2.24, 2.45) is 0 Å². The maximum Gasteiger partial charge on any atom is 2.00 e. The van der Waals surface area contributed by atoms with Crippen molar-refractivity contribution in [1.29, 1.82) is 0 Å². The normalized spacial score (nSPS) is 9.43. The van der Waals surface area contributed by atoms with E-state index in [4.69, 9.17) is 5.11 Å². The first-order valence-corrected chi connectivity index (χ1v) is 8.99. The Kier molecular flexibility index (Phi) is 39.7. The Labute approximate surface area is 193 Å². The number of unbranched alkanes of at least 4 members (excludes halogenated alkanes) is 14. The number of rotatable bonds is 16. The van der Waals surface area contributed by atoms with Crippen LogP contribution in [0.5, 0.6) is 0 Å². The molecule has 2 nitrogen and oxygen atoms in total. The quantitative estimate of drug-likeness (QED) is 0.332. The van der Waals surface area contributed by atoms with Crippen LogP contribution >= 0.6 is 12.4 Å². The van der Waals surface area contributed by atoms with E-state index in [0.717, 1.165) is 12.8 Å². The van der Waals surface area contributed by atoms with Crippen molar-refractivity contribution >= 4 is 41.4 Å². The number of aliphatic carboxylic acids is 1. The van der Waals surface area contributed by atoms with Crippen LogP contribution in [0.15, 0.2) is 0 Å². The molecule has 1 N–H and O–H groups in total. The van der Waals surface area contributed by atoms with Crippen LogP contribution in [0, 0.1) is 0 Å². The summed E-state index contributed by atoms with van der Waals surface area (Å²) in [5, 5.41) is 8.52. The zero-order chi connectivity index (χ0) is 14.9. The molecule has 0 heterocycles. The van der Waals surface area contributed by atoms with E-state index in [9.17, 15) is 4.79 Å². The Morgan fingerprint density at radius 3 is 1.22 bits per heavy atom. The molecule has 0 aromatic heterocycles. The van der Waals surface area contributed by atoms with Gasteiger partial charge in [-0.15, -0.1) is 12.4 Å². The second-order valence-corrected chi connectivity index (χ2v) is 6.09. The minimum Gasteiger partial charge on any atom is -1.00 e. The van der Waals surface area contributed by atoms with Crippen LogP contribution in [-0.2, 0) is 4.79 Å².